The number of nitrogens with one attached hydrogen (secondary N) is 1. The van der Waals surface area contributed by atoms with Crippen molar-refractivity contribution in [1.29, 1.82) is 0 Å². The van der Waals surface area contributed by atoms with Crippen molar-refractivity contribution in [3.63, 3.8) is 0 Å². The minimum absolute atomic E-state index is 0.000225. The van der Waals surface area contributed by atoms with Crippen molar-refractivity contribution in [3.8, 4) is 0 Å². The molecule has 0 radical (unpaired) electrons. The Morgan fingerprint density at radius 1 is 1.35 bits per heavy atom. The molecule has 1 saturated heterocycles. The van der Waals surface area contributed by atoms with E-state index in [0.29, 0.717) is 18.9 Å². The van der Waals surface area contributed by atoms with Crippen LogP contribution in [0.3, 0.4) is 0 Å². The summed E-state index contributed by atoms with van der Waals surface area (Å²) in [6, 6.07) is 4.37. The van der Waals surface area contributed by atoms with Crippen molar-refractivity contribution >= 4 is 49.1 Å². The van der Waals surface area contributed by atoms with Gasteiger partial charge in [-0.05, 0) is 34.1 Å². The molecule has 2 heterocycles. The summed E-state index contributed by atoms with van der Waals surface area (Å²) in [7, 11) is -3.76. The Hall–Kier alpha value is -1.46. The number of rotatable bonds is 5. The number of amides is 1. The molecule has 8 nitrogen and oxygen atoms in total. The zero-order valence-electron chi connectivity index (χ0n) is 13.6. The number of anilines is 1. The van der Waals surface area contributed by atoms with Gasteiger partial charge in [0.25, 0.3) is 0 Å². The molecule has 3 rings (SSSR count). The van der Waals surface area contributed by atoms with Gasteiger partial charge < -0.3 is 10.1 Å². The number of nitrogens with zero attached hydrogens (tertiary/aromatic N) is 3. The van der Waals surface area contributed by atoms with Crippen LogP contribution in [0.15, 0.2) is 40.0 Å². The molecule has 0 spiro atoms. The van der Waals surface area contributed by atoms with E-state index in [1.54, 1.807) is 18.5 Å². The smallest absolute Gasteiger partial charge is 0.246 e. The number of benzene rings is 1. The summed E-state index contributed by atoms with van der Waals surface area (Å²) in [4.78, 5) is 12.1. The number of aromatic nitrogens is 2. The number of hydrogen-bond acceptors (Lipinski definition) is 5. The van der Waals surface area contributed by atoms with E-state index in [2.05, 4.69) is 26.3 Å². The van der Waals surface area contributed by atoms with E-state index in [1.165, 1.54) is 21.1 Å². The highest BCUT2D eigenvalue weighted by Crippen LogP contribution is 2.28. The summed E-state index contributed by atoms with van der Waals surface area (Å²) >= 11 is 9.36. The van der Waals surface area contributed by atoms with Gasteiger partial charge in [0.15, 0.2) is 0 Å². The third kappa shape index (κ3) is 4.44. The zero-order valence-corrected chi connectivity index (χ0v) is 16.7. The molecule has 1 fully saturated rings. The average Bonchev–Trinajstić information content (AvgIpc) is 3.02. The highest BCUT2D eigenvalue weighted by molar-refractivity contribution is 9.10. The van der Waals surface area contributed by atoms with E-state index in [0.717, 1.165) is 4.47 Å². The fourth-order valence-corrected chi connectivity index (χ4v) is 4.71. The Labute approximate surface area is 164 Å². The summed E-state index contributed by atoms with van der Waals surface area (Å²) in [6.07, 6.45) is 3.23. The maximum atomic E-state index is 12.8. The summed E-state index contributed by atoms with van der Waals surface area (Å²) in [5.41, 5.74) is 0.345. The molecule has 0 aliphatic carbocycles. The average molecular weight is 464 g/mol. The van der Waals surface area contributed by atoms with E-state index in [-0.39, 0.29) is 35.5 Å². The molecular weight excluding hydrogens is 448 g/mol. The predicted octanol–water partition coefficient (Wildman–Crippen LogP) is 1.96. The van der Waals surface area contributed by atoms with Crippen LogP contribution in [0.25, 0.3) is 0 Å². The third-order valence-corrected chi connectivity index (χ3v) is 6.50. The first kappa shape index (κ1) is 19.3. The van der Waals surface area contributed by atoms with Crippen molar-refractivity contribution in [3.05, 3.63) is 40.1 Å². The zero-order chi connectivity index (χ0) is 18.7. The fraction of sp³-hybridized carbons (Fsp3) is 0.333. The van der Waals surface area contributed by atoms with Crippen LogP contribution in [0, 0.1) is 0 Å². The number of halogens is 2. The fourth-order valence-electron chi connectivity index (χ4n) is 2.48. The van der Waals surface area contributed by atoms with E-state index in [9.17, 15) is 13.2 Å². The number of morpholine rings is 1. The Balaban J connectivity index is 1.77. The number of hydrogen-bond donors (Lipinski definition) is 1. The molecule has 26 heavy (non-hydrogen) atoms. The van der Waals surface area contributed by atoms with Crippen LogP contribution >= 0.6 is 27.5 Å². The van der Waals surface area contributed by atoms with Crippen molar-refractivity contribution in [2.75, 3.05) is 31.6 Å². The lowest BCUT2D eigenvalue weighted by Crippen LogP contribution is -2.40. The van der Waals surface area contributed by atoms with Gasteiger partial charge >= 0.3 is 0 Å². The summed E-state index contributed by atoms with van der Waals surface area (Å²) in [5, 5.41) is 6.77. The first-order valence-corrected chi connectivity index (χ1v) is 10.3. The second-order valence-corrected chi connectivity index (χ2v) is 8.80. The first-order valence-electron chi connectivity index (χ1n) is 7.71. The molecule has 1 aliphatic heterocycles. The van der Waals surface area contributed by atoms with Crippen LogP contribution < -0.4 is 5.32 Å². The second-order valence-electron chi connectivity index (χ2n) is 5.57. The minimum Gasteiger partial charge on any atom is -0.379 e. The maximum absolute atomic E-state index is 12.8. The monoisotopic (exact) mass is 462 g/mol. The lowest BCUT2D eigenvalue weighted by atomic mass is 10.3. The topological polar surface area (TPSA) is 93.5 Å². The Bertz CT molecular complexity index is 912. The highest BCUT2D eigenvalue weighted by atomic mass is 79.9. The molecule has 1 aromatic carbocycles. The normalized spacial score (nSPS) is 15.8. The number of ether oxygens (including phenoxy) is 1. The standard InChI is InChI=1S/C15H16BrClN4O4S/c16-11-8-18-20(9-11)10-15(22)19-12-1-2-13(17)14(7-12)26(23,24)21-3-5-25-6-4-21/h1-2,7-9H,3-6,10H2,(H,19,22). The van der Waals surface area contributed by atoms with Gasteiger partial charge in [-0.3, -0.25) is 9.48 Å². The molecule has 0 unspecified atom stereocenters. The molecule has 0 bridgehead atoms. The van der Waals surface area contributed by atoms with Gasteiger partial charge in [0, 0.05) is 25.0 Å². The van der Waals surface area contributed by atoms with Crippen molar-refractivity contribution < 1.29 is 17.9 Å². The molecule has 1 amide bonds. The molecule has 0 atom stereocenters. The van der Waals surface area contributed by atoms with Gasteiger partial charge in [0.05, 0.1) is 28.9 Å². The summed E-state index contributed by atoms with van der Waals surface area (Å²) in [6.45, 7) is 1.21. The van der Waals surface area contributed by atoms with Crippen LogP contribution in [0.2, 0.25) is 5.02 Å². The first-order chi connectivity index (χ1) is 12.4. The highest BCUT2D eigenvalue weighted by Gasteiger charge is 2.28. The number of sulfonamides is 1. The largest absolute Gasteiger partial charge is 0.379 e. The molecular formula is C15H16BrClN4O4S. The van der Waals surface area contributed by atoms with E-state index < -0.39 is 10.0 Å². The van der Waals surface area contributed by atoms with Gasteiger partial charge in [-0.25, -0.2) is 8.42 Å². The molecule has 1 aliphatic rings. The Morgan fingerprint density at radius 3 is 2.73 bits per heavy atom. The van der Waals surface area contributed by atoms with Crippen molar-refractivity contribution in [1.82, 2.24) is 14.1 Å². The second kappa shape index (κ2) is 8.05. The summed E-state index contributed by atoms with van der Waals surface area (Å²) < 4.78 is 34.3. The van der Waals surface area contributed by atoms with Gasteiger partial charge in [0.1, 0.15) is 11.4 Å². The van der Waals surface area contributed by atoms with Gasteiger partial charge in [0.2, 0.25) is 15.9 Å². The van der Waals surface area contributed by atoms with Crippen molar-refractivity contribution in [2.45, 2.75) is 11.4 Å². The van der Waals surface area contributed by atoms with E-state index >= 15 is 0 Å². The number of carbonyl (C=O) groups is 1. The maximum Gasteiger partial charge on any atom is 0.246 e. The predicted molar refractivity (Wildman–Crippen MR) is 99.6 cm³/mol. The van der Waals surface area contributed by atoms with E-state index in [1.807, 2.05) is 0 Å². The molecule has 140 valence electrons. The van der Waals surface area contributed by atoms with E-state index in [4.69, 9.17) is 16.3 Å². The van der Waals surface area contributed by atoms with Crippen LogP contribution in [0.5, 0.6) is 0 Å². The van der Waals surface area contributed by atoms with Crippen molar-refractivity contribution in [2.24, 2.45) is 0 Å². The molecule has 1 aromatic heterocycles. The molecule has 1 N–H and O–H groups in total. The Morgan fingerprint density at radius 2 is 2.08 bits per heavy atom. The molecule has 11 heteroatoms. The number of carbonyl (C=O) groups excluding carboxylic acids is 1. The third-order valence-electron chi connectivity index (χ3n) is 3.71. The molecule has 0 saturated carbocycles. The van der Waals surface area contributed by atoms with Crippen LogP contribution in [-0.4, -0.2) is 54.7 Å². The van der Waals surface area contributed by atoms with Crippen LogP contribution in [-0.2, 0) is 26.1 Å². The Kier molecular flexibility index (Phi) is 5.98. The van der Waals surface area contributed by atoms with Gasteiger partial charge in [-0.2, -0.15) is 9.40 Å². The van der Waals surface area contributed by atoms with Gasteiger partial charge in [-0.15, -0.1) is 0 Å². The minimum atomic E-state index is -3.76. The molecule has 2 aromatic rings. The summed E-state index contributed by atoms with van der Waals surface area (Å²) in [5.74, 6) is -0.336. The quantitative estimate of drug-likeness (QED) is 0.732. The van der Waals surface area contributed by atoms with Crippen LogP contribution in [0.1, 0.15) is 0 Å². The lowest BCUT2D eigenvalue weighted by molar-refractivity contribution is -0.116. The van der Waals surface area contributed by atoms with Gasteiger partial charge in [-0.1, -0.05) is 11.6 Å². The SMILES string of the molecule is O=C(Cn1cc(Br)cn1)Nc1ccc(Cl)c(S(=O)(=O)N2CCOCC2)c1. The van der Waals surface area contributed by atoms with Crippen LogP contribution in [0.4, 0.5) is 5.69 Å². The lowest BCUT2D eigenvalue weighted by Gasteiger charge is -2.26.